The van der Waals surface area contributed by atoms with Gasteiger partial charge in [0.05, 0.1) is 0 Å². The number of rotatable bonds is 17. The van der Waals surface area contributed by atoms with E-state index in [2.05, 4.69) is 27.7 Å². The van der Waals surface area contributed by atoms with E-state index in [0.29, 0.717) is 0 Å². The van der Waals surface area contributed by atoms with Gasteiger partial charge in [-0.25, -0.2) is 0 Å². The highest BCUT2D eigenvalue weighted by atomic mass is 16.5. The second-order valence-corrected chi connectivity index (χ2v) is 7.42. The summed E-state index contributed by atoms with van der Waals surface area (Å²) in [6.45, 7) is 12.9. The van der Waals surface area contributed by atoms with Crippen LogP contribution in [0, 0.1) is 11.8 Å². The monoisotopic (exact) mass is 314 g/mol. The number of hydrogen-bond donors (Lipinski definition) is 0. The summed E-state index contributed by atoms with van der Waals surface area (Å²) in [4.78, 5) is 0. The maximum atomic E-state index is 5.66. The van der Waals surface area contributed by atoms with Crippen LogP contribution in [-0.2, 0) is 9.47 Å². The molecule has 0 aliphatic heterocycles. The quantitative estimate of drug-likeness (QED) is 0.296. The van der Waals surface area contributed by atoms with E-state index in [-0.39, 0.29) is 0 Å². The molecule has 0 saturated heterocycles. The van der Waals surface area contributed by atoms with Gasteiger partial charge in [0.15, 0.2) is 0 Å². The van der Waals surface area contributed by atoms with E-state index in [1.165, 1.54) is 64.2 Å². The molecular formula is C20H42O2. The third kappa shape index (κ3) is 19.9. The predicted octanol–water partition coefficient (Wildman–Crippen LogP) is 6.23. The Morgan fingerprint density at radius 3 is 1.14 bits per heavy atom. The van der Waals surface area contributed by atoms with Crippen molar-refractivity contribution in [2.45, 2.75) is 91.9 Å². The maximum absolute atomic E-state index is 5.66. The van der Waals surface area contributed by atoms with Gasteiger partial charge in [-0.05, 0) is 50.4 Å². The third-order valence-electron chi connectivity index (χ3n) is 3.97. The van der Waals surface area contributed by atoms with Crippen LogP contribution in [0.4, 0.5) is 0 Å². The summed E-state index contributed by atoms with van der Waals surface area (Å²) in [6.07, 6.45) is 12.8. The van der Waals surface area contributed by atoms with Gasteiger partial charge in [0.25, 0.3) is 0 Å². The molecule has 0 heterocycles. The third-order valence-corrected chi connectivity index (χ3v) is 3.97. The SMILES string of the molecule is CC(C)CCCOCCCCCCCCOCCCC(C)C. The van der Waals surface area contributed by atoms with Crippen LogP contribution in [0.5, 0.6) is 0 Å². The van der Waals surface area contributed by atoms with Crippen LogP contribution in [0.15, 0.2) is 0 Å². The lowest BCUT2D eigenvalue weighted by atomic mass is 10.1. The first-order chi connectivity index (χ1) is 10.6. The normalized spacial score (nSPS) is 11.7. The zero-order valence-corrected chi connectivity index (χ0v) is 15.9. The summed E-state index contributed by atoms with van der Waals surface area (Å²) in [6, 6.07) is 0. The molecule has 0 unspecified atom stereocenters. The van der Waals surface area contributed by atoms with E-state index in [1.54, 1.807) is 0 Å². The Morgan fingerprint density at radius 2 is 0.773 bits per heavy atom. The molecule has 134 valence electrons. The number of unbranched alkanes of at least 4 members (excludes halogenated alkanes) is 5. The summed E-state index contributed by atoms with van der Waals surface area (Å²) >= 11 is 0. The molecule has 0 aliphatic carbocycles. The van der Waals surface area contributed by atoms with Crippen molar-refractivity contribution < 1.29 is 9.47 Å². The van der Waals surface area contributed by atoms with E-state index in [4.69, 9.17) is 9.47 Å². The molecule has 0 saturated carbocycles. The van der Waals surface area contributed by atoms with Crippen molar-refractivity contribution in [3.63, 3.8) is 0 Å². The Kier molecular flexibility index (Phi) is 17.2. The lowest BCUT2D eigenvalue weighted by Gasteiger charge is -2.07. The number of hydrogen-bond acceptors (Lipinski definition) is 2. The molecule has 0 spiro atoms. The van der Waals surface area contributed by atoms with E-state index in [9.17, 15) is 0 Å². The van der Waals surface area contributed by atoms with E-state index < -0.39 is 0 Å². The van der Waals surface area contributed by atoms with Gasteiger partial charge in [-0.3, -0.25) is 0 Å². The van der Waals surface area contributed by atoms with Gasteiger partial charge < -0.3 is 9.47 Å². The fourth-order valence-corrected chi connectivity index (χ4v) is 2.51. The second-order valence-electron chi connectivity index (χ2n) is 7.42. The molecule has 0 aliphatic rings. The molecule has 0 rings (SSSR count). The fourth-order valence-electron chi connectivity index (χ4n) is 2.51. The predicted molar refractivity (Wildman–Crippen MR) is 97.5 cm³/mol. The molecule has 0 amide bonds. The molecule has 0 fully saturated rings. The van der Waals surface area contributed by atoms with Crippen LogP contribution in [0.1, 0.15) is 91.9 Å². The van der Waals surface area contributed by atoms with Crippen LogP contribution in [-0.4, -0.2) is 26.4 Å². The van der Waals surface area contributed by atoms with Crippen molar-refractivity contribution in [1.82, 2.24) is 0 Å². The topological polar surface area (TPSA) is 18.5 Å². The van der Waals surface area contributed by atoms with Crippen molar-refractivity contribution in [3.8, 4) is 0 Å². The molecule has 0 aromatic heterocycles. The molecule has 2 nitrogen and oxygen atoms in total. The minimum atomic E-state index is 0.808. The van der Waals surface area contributed by atoms with Crippen molar-refractivity contribution in [1.29, 1.82) is 0 Å². The Balaban J connectivity index is 2.97. The summed E-state index contributed by atoms with van der Waals surface area (Å²) in [5.41, 5.74) is 0. The minimum absolute atomic E-state index is 0.808. The van der Waals surface area contributed by atoms with Gasteiger partial charge in [0.1, 0.15) is 0 Å². The van der Waals surface area contributed by atoms with Crippen LogP contribution < -0.4 is 0 Å². The Hall–Kier alpha value is -0.0800. The molecule has 0 radical (unpaired) electrons. The van der Waals surface area contributed by atoms with Crippen LogP contribution in [0.25, 0.3) is 0 Å². The molecular weight excluding hydrogens is 272 g/mol. The Morgan fingerprint density at radius 1 is 0.455 bits per heavy atom. The van der Waals surface area contributed by atoms with Crippen LogP contribution in [0.2, 0.25) is 0 Å². The van der Waals surface area contributed by atoms with Gasteiger partial charge in [-0.15, -0.1) is 0 Å². The molecule has 0 N–H and O–H groups in total. The van der Waals surface area contributed by atoms with Gasteiger partial charge in [0.2, 0.25) is 0 Å². The average Bonchev–Trinajstić information content (AvgIpc) is 2.46. The van der Waals surface area contributed by atoms with Crippen molar-refractivity contribution in [2.75, 3.05) is 26.4 Å². The summed E-state index contributed by atoms with van der Waals surface area (Å²) in [5.74, 6) is 1.62. The highest BCUT2D eigenvalue weighted by molar-refractivity contribution is 4.48. The fraction of sp³-hybridized carbons (Fsp3) is 1.00. The summed E-state index contributed by atoms with van der Waals surface area (Å²) in [7, 11) is 0. The van der Waals surface area contributed by atoms with Gasteiger partial charge >= 0.3 is 0 Å². The van der Waals surface area contributed by atoms with Gasteiger partial charge in [-0.2, -0.15) is 0 Å². The lowest BCUT2D eigenvalue weighted by molar-refractivity contribution is 0.121. The van der Waals surface area contributed by atoms with Gasteiger partial charge in [0, 0.05) is 26.4 Å². The average molecular weight is 315 g/mol. The molecule has 0 bridgehead atoms. The highest BCUT2D eigenvalue weighted by Gasteiger charge is 1.96. The van der Waals surface area contributed by atoms with E-state index >= 15 is 0 Å². The minimum Gasteiger partial charge on any atom is -0.381 e. The standard InChI is InChI=1S/C20H42O2/c1-19(2)13-11-17-21-15-9-7-5-6-8-10-16-22-18-12-14-20(3)4/h19-20H,5-18H2,1-4H3. The smallest absolute Gasteiger partial charge is 0.0466 e. The molecule has 22 heavy (non-hydrogen) atoms. The zero-order chi connectivity index (χ0) is 16.5. The van der Waals surface area contributed by atoms with Crippen molar-refractivity contribution in [2.24, 2.45) is 11.8 Å². The molecule has 0 atom stereocenters. The first-order valence-corrected chi connectivity index (χ1v) is 9.78. The molecule has 0 aromatic carbocycles. The van der Waals surface area contributed by atoms with Crippen molar-refractivity contribution >= 4 is 0 Å². The maximum Gasteiger partial charge on any atom is 0.0466 e. The first-order valence-electron chi connectivity index (χ1n) is 9.78. The van der Waals surface area contributed by atoms with E-state index in [0.717, 1.165) is 38.3 Å². The molecule has 2 heteroatoms. The highest BCUT2D eigenvalue weighted by Crippen LogP contribution is 2.08. The molecule has 0 aromatic rings. The first kappa shape index (κ1) is 21.9. The van der Waals surface area contributed by atoms with Crippen molar-refractivity contribution in [3.05, 3.63) is 0 Å². The Labute approximate surface area is 140 Å². The summed E-state index contributed by atoms with van der Waals surface area (Å²) in [5, 5.41) is 0. The largest absolute Gasteiger partial charge is 0.381 e. The zero-order valence-electron chi connectivity index (χ0n) is 15.9. The van der Waals surface area contributed by atoms with Crippen LogP contribution in [0.3, 0.4) is 0 Å². The van der Waals surface area contributed by atoms with Crippen LogP contribution >= 0.6 is 0 Å². The summed E-state index contributed by atoms with van der Waals surface area (Å²) < 4.78 is 11.3. The lowest BCUT2D eigenvalue weighted by Crippen LogP contribution is -1.99. The Bertz CT molecular complexity index is 180. The number of ether oxygens (including phenoxy) is 2. The second kappa shape index (κ2) is 17.3. The van der Waals surface area contributed by atoms with E-state index in [1.807, 2.05) is 0 Å². The van der Waals surface area contributed by atoms with Gasteiger partial charge in [-0.1, -0.05) is 53.4 Å².